The smallest absolute Gasteiger partial charge is 0.257 e. The molecule has 0 aliphatic heterocycles. The minimum atomic E-state index is -0.172. The van der Waals surface area contributed by atoms with Crippen molar-refractivity contribution in [2.24, 2.45) is 0 Å². The van der Waals surface area contributed by atoms with Crippen LogP contribution < -0.4 is 14.8 Å². The van der Waals surface area contributed by atoms with E-state index < -0.39 is 0 Å². The molecule has 6 heteroatoms. The molecule has 1 heterocycles. The van der Waals surface area contributed by atoms with E-state index in [1.807, 2.05) is 13.8 Å². The molecule has 0 atom stereocenters. The van der Waals surface area contributed by atoms with Crippen LogP contribution in [0, 0.1) is 13.8 Å². The van der Waals surface area contributed by atoms with Gasteiger partial charge in [-0.15, -0.1) is 0 Å². The molecule has 2 rings (SSSR count). The zero-order valence-corrected chi connectivity index (χ0v) is 12.3. The first-order chi connectivity index (χ1) is 10.1. The molecule has 1 aromatic carbocycles. The van der Waals surface area contributed by atoms with Gasteiger partial charge in [-0.05, 0) is 38.1 Å². The lowest BCUT2D eigenvalue weighted by atomic mass is 10.2. The molecule has 0 saturated carbocycles. The number of nitrogens with one attached hydrogen (secondary N) is 1. The van der Waals surface area contributed by atoms with Crippen molar-refractivity contribution >= 4 is 5.91 Å². The summed E-state index contributed by atoms with van der Waals surface area (Å²) in [6.45, 7) is 4.13. The number of hydrogen-bond donors (Lipinski definition) is 1. The van der Waals surface area contributed by atoms with Crippen molar-refractivity contribution in [3.05, 3.63) is 41.3 Å². The van der Waals surface area contributed by atoms with Crippen LogP contribution in [-0.4, -0.2) is 24.7 Å². The van der Waals surface area contributed by atoms with Gasteiger partial charge in [0, 0.05) is 7.05 Å². The Balaban J connectivity index is 1.89. The summed E-state index contributed by atoms with van der Waals surface area (Å²) in [5.41, 5.74) is 1.79. The molecule has 0 bridgehead atoms. The molecule has 0 spiro atoms. The number of amides is 1. The van der Waals surface area contributed by atoms with E-state index in [4.69, 9.17) is 14.0 Å². The Bertz CT molecular complexity index is 585. The fourth-order valence-corrected chi connectivity index (χ4v) is 1.72. The van der Waals surface area contributed by atoms with Crippen LogP contribution in [-0.2, 0) is 11.4 Å². The molecule has 1 aromatic heterocycles. The molecule has 0 unspecified atom stereocenters. The van der Waals surface area contributed by atoms with E-state index in [9.17, 15) is 4.79 Å². The van der Waals surface area contributed by atoms with Gasteiger partial charge in [0.05, 0.1) is 11.3 Å². The lowest BCUT2D eigenvalue weighted by Gasteiger charge is -2.08. The summed E-state index contributed by atoms with van der Waals surface area (Å²) in [6, 6.07) is 7.09. The molecule has 6 nitrogen and oxygen atoms in total. The van der Waals surface area contributed by atoms with Gasteiger partial charge in [-0.3, -0.25) is 4.79 Å². The van der Waals surface area contributed by atoms with Crippen molar-refractivity contribution in [1.82, 2.24) is 10.5 Å². The second-order valence-corrected chi connectivity index (χ2v) is 4.52. The van der Waals surface area contributed by atoms with Gasteiger partial charge in [-0.25, -0.2) is 0 Å². The number of benzene rings is 1. The second kappa shape index (κ2) is 6.78. The summed E-state index contributed by atoms with van der Waals surface area (Å²) in [4.78, 5) is 11.1. The molecule has 112 valence electrons. The SMILES string of the molecule is CNC(=O)COc1ccc(OCc2c(C)noc2C)cc1. The molecular weight excluding hydrogens is 272 g/mol. The lowest BCUT2D eigenvalue weighted by molar-refractivity contribution is -0.122. The van der Waals surface area contributed by atoms with Crippen LogP contribution in [0.15, 0.2) is 28.8 Å². The number of aromatic nitrogens is 1. The molecule has 0 saturated heterocycles. The minimum Gasteiger partial charge on any atom is -0.489 e. The zero-order chi connectivity index (χ0) is 15.2. The zero-order valence-electron chi connectivity index (χ0n) is 12.3. The maximum absolute atomic E-state index is 11.1. The van der Waals surface area contributed by atoms with Gasteiger partial charge in [0.15, 0.2) is 6.61 Å². The predicted molar refractivity (Wildman–Crippen MR) is 76.3 cm³/mol. The van der Waals surface area contributed by atoms with Crippen LogP contribution in [0.1, 0.15) is 17.0 Å². The highest BCUT2D eigenvalue weighted by Gasteiger charge is 2.09. The van der Waals surface area contributed by atoms with Crippen molar-refractivity contribution in [1.29, 1.82) is 0 Å². The Morgan fingerprint density at radius 2 is 1.81 bits per heavy atom. The standard InChI is InChI=1S/C15H18N2O4/c1-10-14(11(2)21-17-10)8-19-12-4-6-13(7-5-12)20-9-15(18)16-3/h4-7H,8-9H2,1-3H3,(H,16,18). The predicted octanol–water partition coefficient (Wildman–Crippen LogP) is 2.00. The summed E-state index contributed by atoms with van der Waals surface area (Å²) < 4.78 is 16.1. The molecule has 1 N–H and O–H groups in total. The lowest BCUT2D eigenvalue weighted by Crippen LogP contribution is -2.24. The molecule has 0 fully saturated rings. The third-order valence-corrected chi connectivity index (χ3v) is 3.04. The van der Waals surface area contributed by atoms with E-state index >= 15 is 0 Å². The fourth-order valence-electron chi connectivity index (χ4n) is 1.72. The van der Waals surface area contributed by atoms with Gasteiger partial charge < -0.3 is 19.3 Å². The third kappa shape index (κ3) is 3.98. The van der Waals surface area contributed by atoms with E-state index in [2.05, 4.69) is 10.5 Å². The van der Waals surface area contributed by atoms with Crippen LogP contribution in [0.2, 0.25) is 0 Å². The van der Waals surface area contributed by atoms with Crippen molar-refractivity contribution in [3.63, 3.8) is 0 Å². The minimum absolute atomic E-state index is 0.00418. The van der Waals surface area contributed by atoms with E-state index in [1.165, 1.54) is 0 Å². The second-order valence-electron chi connectivity index (χ2n) is 4.52. The summed E-state index contributed by atoms with van der Waals surface area (Å²) in [5.74, 6) is 1.91. The Kier molecular flexibility index (Phi) is 4.81. The van der Waals surface area contributed by atoms with Crippen LogP contribution in [0.4, 0.5) is 0 Å². The third-order valence-electron chi connectivity index (χ3n) is 3.04. The van der Waals surface area contributed by atoms with E-state index in [1.54, 1.807) is 31.3 Å². The Labute approximate surface area is 123 Å². The number of nitrogens with zero attached hydrogens (tertiary/aromatic N) is 1. The highest BCUT2D eigenvalue weighted by Crippen LogP contribution is 2.20. The first-order valence-corrected chi connectivity index (χ1v) is 6.58. The van der Waals surface area contributed by atoms with Gasteiger partial charge in [0.25, 0.3) is 5.91 Å². The van der Waals surface area contributed by atoms with Crippen LogP contribution in [0.5, 0.6) is 11.5 Å². The van der Waals surface area contributed by atoms with Crippen molar-refractivity contribution in [3.8, 4) is 11.5 Å². The van der Waals surface area contributed by atoms with Crippen LogP contribution >= 0.6 is 0 Å². The molecule has 2 aromatic rings. The van der Waals surface area contributed by atoms with Gasteiger partial charge in [-0.1, -0.05) is 5.16 Å². The highest BCUT2D eigenvalue weighted by molar-refractivity contribution is 5.77. The van der Waals surface area contributed by atoms with Crippen molar-refractivity contribution in [2.75, 3.05) is 13.7 Å². The topological polar surface area (TPSA) is 73.6 Å². The highest BCUT2D eigenvalue weighted by atomic mass is 16.5. The van der Waals surface area contributed by atoms with Gasteiger partial charge in [-0.2, -0.15) is 0 Å². The molecule has 0 aliphatic carbocycles. The number of hydrogen-bond acceptors (Lipinski definition) is 5. The quantitative estimate of drug-likeness (QED) is 0.880. The van der Waals surface area contributed by atoms with Crippen molar-refractivity contribution in [2.45, 2.75) is 20.5 Å². The van der Waals surface area contributed by atoms with Crippen LogP contribution in [0.25, 0.3) is 0 Å². The normalized spacial score (nSPS) is 10.2. The van der Waals surface area contributed by atoms with Crippen molar-refractivity contribution < 1.29 is 18.8 Å². The summed E-state index contributed by atoms with van der Waals surface area (Å²) in [5, 5.41) is 6.37. The number of likely N-dealkylation sites (N-methyl/N-ethyl adjacent to an activating group) is 1. The van der Waals surface area contributed by atoms with Gasteiger partial charge in [0.2, 0.25) is 0 Å². The van der Waals surface area contributed by atoms with Gasteiger partial charge in [0.1, 0.15) is 23.9 Å². The monoisotopic (exact) mass is 290 g/mol. The van der Waals surface area contributed by atoms with Crippen LogP contribution in [0.3, 0.4) is 0 Å². The first kappa shape index (κ1) is 14.9. The van der Waals surface area contributed by atoms with E-state index in [0.717, 1.165) is 17.0 Å². The number of ether oxygens (including phenoxy) is 2. The summed E-state index contributed by atoms with van der Waals surface area (Å²) in [6.07, 6.45) is 0. The molecule has 1 amide bonds. The molecule has 0 radical (unpaired) electrons. The number of rotatable bonds is 6. The number of carbonyl (C=O) groups is 1. The largest absolute Gasteiger partial charge is 0.489 e. The Morgan fingerprint density at radius 1 is 1.19 bits per heavy atom. The number of aryl methyl sites for hydroxylation is 2. The molecule has 21 heavy (non-hydrogen) atoms. The van der Waals surface area contributed by atoms with E-state index in [0.29, 0.717) is 18.1 Å². The summed E-state index contributed by atoms with van der Waals surface area (Å²) >= 11 is 0. The van der Waals surface area contributed by atoms with Gasteiger partial charge >= 0.3 is 0 Å². The molecular formula is C15H18N2O4. The average Bonchev–Trinajstić information content (AvgIpc) is 2.82. The number of carbonyl (C=O) groups excluding carboxylic acids is 1. The first-order valence-electron chi connectivity index (χ1n) is 6.58. The maximum Gasteiger partial charge on any atom is 0.257 e. The summed E-state index contributed by atoms with van der Waals surface area (Å²) in [7, 11) is 1.57. The average molecular weight is 290 g/mol. The Hall–Kier alpha value is -2.50. The van der Waals surface area contributed by atoms with E-state index in [-0.39, 0.29) is 12.5 Å². The Morgan fingerprint density at radius 3 is 2.33 bits per heavy atom. The fraction of sp³-hybridized carbons (Fsp3) is 0.333. The maximum atomic E-state index is 11.1. The molecule has 0 aliphatic rings.